The second kappa shape index (κ2) is 9.52. The first kappa shape index (κ1) is 21.7. The Balaban J connectivity index is 2.38. The minimum absolute atomic E-state index is 0.170. The zero-order valence-electron chi connectivity index (χ0n) is 15.8. The van der Waals surface area contributed by atoms with E-state index in [1.807, 2.05) is 0 Å². The van der Waals surface area contributed by atoms with Gasteiger partial charge in [0, 0.05) is 16.8 Å². The van der Waals surface area contributed by atoms with Gasteiger partial charge in [0.2, 0.25) is 6.04 Å². The standard InChI is InChI=1S/C19H19Cl2N3O4/c1-11-10-13(20)8-9-14(11)22-23-17(12(2)25)19(26)24(21)18-15(27-3)6-5-7-16(18)28-4/h5-10,17H,1-4H3. The Labute approximate surface area is 173 Å². The Hall–Kier alpha value is -2.64. The zero-order chi connectivity index (χ0) is 20.8. The number of carbonyl (C=O) groups is 2. The van der Waals surface area contributed by atoms with E-state index < -0.39 is 17.7 Å². The lowest BCUT2D eigenvalue weighted by Crippen LogP contribution is -2.36. The molecular formula is C19H19Cl2N3O4. The maximum Gasteiger partial charge on any atom is 0.276 e. The summed E-state index contributed by atoms with van der Waals surface area (Å²) in [4.78, 5) is 24.9. The molecule has 0 aliphatic rings. The van der Waals surface area contributed by atoms with Crippen molar-refractivity contribution in [2.24, 2.45) is 10.2 Å². The number of benzene rings is 2. The third kappa shape index (κ3) is 4.79. The summed E-state index contributed by atoms with van der Waals surface area (Å²) in [5.74, 6) is -0.696. The maximum atomic E-state index is 12.9. The Kier molecular flexibility index (Phi) is 7.37. The summed E-state index contributed by atoms with van der Waals surface area (Å²) >= 11 is 12.2. The number of amides is 1. The van der Waals surface area contributed by atoms with Gasteiger partial charge in [0.15, 0.2) is 5.78 Å². The first-order valence-electron chi connectivity index (χ1n) is 8.18. The normalized spacial score (nSPS) is 11.9. The van der Waals surface area contributed by atoms with Crippen molar-refractivity contribution in [2.75, 3.05) is 18.6 Å². The quantitative estimate of drug-likeness (QED) is 0.360. The van der Waals surface area contributed by atoms with E-state index in [9.17, 15) is 9.59 Å². The van der Waals surface area contributed by atoms with E-state index in [2.05, 4.69) is 10.2 Å². The fraction of sp³-hybridized carbons (Fsp3) is 0.263. The topological polar surface area (TPSA) is 80.6 Å². The first-order valence-corrected chi connectivity index (χ1v) is 8.90. The zero-order valence-corrected chi connectivity index (χ0v) is 17.3. The SMILES string of the molecule is COc1cccc(OC)c1N(Cl)C(=O)C(N=Nc1ccc(Cl)cc1C)C(C)=O. The number of anilines is 1. The maximum absolute atomic E-state index is 12.9. The van der Waals surface area contributed by atoms with Crippen molar-refractivity contribution in [3.63, 3.8) is 0 Å². The number of hydrogen-bond acceptors (Lipinski definition) is 6. The van der Waals surface area contributed by atoms with Crippen LogP contribution in [0.15, 0.2) is 46.6 Å². The number of carbonyl (C=O) groups excluding carboxylic acids is 2. The van der Waals surface area contributed by atoms with Gasteiger partial charge in [-0.05, 0) is 49.7 Å². The molecule has 1 unspecified atom stereocenters. The van der Waals surface area contributed by atoms with E-state index in [1.54, 1.807) is 43.3 Å². The van der Waals surface area contributed by atoms with Crippen molar-refractivity contribution in [3.05, 3.63) is 47.0 Å². The third-order valence-electron chi connectivity index (χ3n) is 3.85. The Morgan fingerprint density at radius 3 is 2.21 bits per heavy atom. The molecule has 0 fully saturated rings. The van der Waals surface area contributed by atoms with E-state index in [-0.39, 0.29) is 5.69 Å². The van der Waals surface area contributed by atoms with E-state index in [0.29, 0.717) is 22.2 Å². The monoisotopic (exact) mass is 423 g/mol. The molecule has 0 saturated heterocycles. The average Bonchev–Trinajstić information content (AvgIpc) is 2.67. The summed E-state index contributed by atoms with van der Waals surface area (Å²) in [6.45, 7) is 3.03. The van der Waals surface area contributed by atoms with Gasteiger partial charge in [-0.3, -0.25) is 9.59 Å². The smallest absolute Gasteiger partial charge is 0.276 e. The van der Waals surface area contributed by atoms with Crippen LogP contribution in [-0.2, 0) is 9.59 Å². The number of methoxy groups -OCH3 is 2. The van der Waals surface area contributed by atoms with Gasteiger partial charge in [0.25, 0.3) is 5.91 Å². The number of aryl methyl sites for hydroxylation is 1. The minimum atomic E-state index is -1.43. The van der Waals surface area contributed by atoms with Crippen LogP contribution >= 0.6 is 23.4 Å². The highest BCUT2D eigenvalue weighted by Gasteiger charge is 2.32. The van der Waals surface area contributed by atoms with E-state index in [0.717, 1.165) is 9.98 Å². The molecule has 0 heterocycles. The highest BCUT2D eigenvalue weighted by molar-refractivity contribution is 6.40. The second-order valence-electron chi connectivity index (χ2n) is 5.79. The molecule has 0 aliphatic carbocycles. The molecule has 2 aromatic carbocycles. The predicted molar refractivity (Wildman–Crippen MR) is 108 cm³/mol. The lowest BCUT2D eigenvalue weighted by molar-refractivity contribution is -0.126. The Morgan fingerprint density at radius 1 is 1.11 bits per heavy atom. The molecule has 148 valence electrons. The minimum Gasteiger partial charge on any atom is -0.494 e. The van der Waals surface area contributed by atoms with Gasteiger partial charge in [-0.25, -0.2) is 4.42 Å². The van der Waals surface area contributed by atoms with Crippen molar-refractivity contribution >= 4 is 46.4 Å². The van der Waals surface area contributed by atoms with Crippen molar-refractivity contribution in [1.82, 2.24) is 0 Å². The number of para-hydroxylation sites is 1. The Morgan fingerprint density at radius 2 is 1.71 bits per heavy atom. The molecular weight excluding hydrogens is 405 g/mol. The molecule has 1 atom stereocenters. The van der Waals surface area contributed by atoms with Crippen molar-refractivity contribution < 1.29 is 19.1 Å². The van der Waals surface area contributed by atoms with E-state index in [4.69, 9.17) is 32.9 Å². The number of halogens is 2. The highest BCUT2D eigenvalue weighted by atomic mass is 35.5. The molecule has 0 saturated carbocycles. The molecule has 0 N–H and O–H groups in total. The first-order chi connectivity index (χ1) is 13.3. The molecule has 0 aliphatic heterocycles. The van der Waals surface area contributed by atoms with Crippen LogP contribution in [0.25, 0.3) is 0 Å². The number of nitrogens with zero attached hydrogens (tertiary/aromatic N) is 3. The molecule has 28 heavy (non-hydrogen) atoms. The van der Waals surface area contributed by atoms with E-state index in [1.165, 1.54) is 21.1 Å². The van der Waals surface area contributed by atoms with Crippen LogP contribution < -0.4 is 13.9 Å². The molecule has 0 radical (unpaired) electrons. The second-order valence-corrected chi connectivity index (χ2v) is 6.56. The van der Waals surface area contributed by atoms with Gasteiger partial charge in [-0.2, -0.15) is 10.2 Å². The van der Waals surface area contributed by atoms with Crippen LogP contribution in [0, 0.1) is 6.92 Å². The average molecular weight is 424 g/mol. The van der Waals surface area contributed by atoms with Crippen LogP contribution in [-0.4, -0.2) is 32.0 Å². The molecule has 7 nitrogen and oxygen atoms in total. The molecule has 0 bridgehead atoms. The fourth-order valence-corrected chi connectivity index (χ4v) is 2.88. The highest BCUT2D eigenvalue weighted by Crippen LogP contribution is 2.39. The number of azo groups is 1. The number of Topliss-reactive ketones (excluding diaryl/α,β-unsaturated/α-hetero) is 1. The van der Waals surface area contributed by atoms with Crippen LogP contribution in [0.2, 0.25) is 5.02 Å². The summed E-state index contributed by atoms with van der Waals surface area (Å²) in [6, 6.07) is 8.47. The van der Waals surface area contributed by atoms with Gasteiger partial charge in [-0.15, -0.1) is 0 Å². The lowest BCUT2D eigenvalue weighted by Gasteiger charge is -2.21. The number of hydrogen-bond donors (Lipinski definition) is 0. The summed E-state index contributed by atoms with van der Waals surface area (Å²) in [6.07, 6.45) is 0. The van der Waals surface area contributed by atoms with Crippen molar-refractivity contribution in [2.45, 2.75) is 19.9 Å². The molecule has 2 aromatic rings. The summed E-state index contributed by atoms with van der Waals surface area (Å²) in [7, 11) is 2.86. The van der Waals surface area contributed by atoms with Crippen LogP contribution in [0.4, 0.5) is 11.4 Å². The molecule has 2 rings (SSSR count). The van der Waals surface area contributed by atoms with Gasteiger partial charge >= 0.3 is 0 Å². The van der Waals surface area contributed by atoms with Gasteiger partial charge in [-0.1, -0.05) is 17.7 Å². The van der Waals surface area contributed by atoms with Crippen LogP contribution in [0.5, 0.6) is 11.5 Å². The van der Waals surface area contributed by atoms with Crippen molar-refractivity contribution in [3.8, 4) is 11.5 Å². The van der Waals surface area contributed by atoms with Crippen molar-refractivity contribution in [1.29, 1.82) is 0 Å². The van der Waals surface area contributed by atoms with Crippen LogP contribution in [0.3, 0.4) is 0 Å². The largest absolute Gasteiger partial charge is 0.494 e. The van der Waals surface area contributed by atoms with E-state index >= 15 is 0 Å². The number of ketones is 1. The Bertz CT molecular complexity index is 896. The molecule has 0 aromatic heterocycles. The van der Waals surface area contributed by atoms with Gasteiger partial charge in [0.05, 0.1) is 19.9 Å². The fourth-order valence-electron chi connectivity index (χ4n) is 2.40. The number of ether oxygens (including phenoxy) is 2. The molecule has 9 heteroatoms. The van der Waals surface area contributed by atoms with Gasteiger partial charge < -0.3 is 9.47 Å². The third-order valence-corrected chi connectivity index (χ3v) is 4.42. The summed E-state index contributed by atoms with van der Waals surface area (Å²) in [5, 5.41) is 8.49. The summed E-state index contributed by atoms with van der Waals surface area (Å²) < 4.78 is 11.3. The van der Waals surface area contributed by atoms with Crippen LogP contribution in [0.1, 0.15) is 12.5 Å². The van der Waals surface area contributed by atoms with Gasteiger partial charge in [0.1, 0.15) is 17.2 Å². The lowest BCUT2D eigenvalue weighted by atomic mass is 10.2. The predicted octanol–water partition coefficient (Wildman–Crippen LogP) is 4.89. The molecule has 0 spiro atoms. The summed E-state index contributed by atoms with van der Waals surface area (Å²) in [5.41, 5.74) is 1.41. The molecule has 1 amide bonds. The number of rotatable bonds is 7.